The highest BCUT2D eigenvalue weighted by molar-refractivity contribution is 5.34. The zero-order valence-corrected chi connectivity index (χ0v) is 6.05. The molecule has 0 saturated heterocycles. The summed E-state index contributed by atoms with van der Waals surface area (Å²) in [7, 11) is 0. The third-order valence-corrected chi connectivity index (χ3v) is 1.94. The second kappa shape index (κ2) is 2.19. The molecule has 0 amide bonds. The number of hydrogen-bond donors (Lipinski definition) is 1. The van der Waals surface area contributed by atoms with Gasteiger partial charge in [-0.2, -0.15) is 0 Å². The monoisotopic (exact) mass is 152 g/mol. The van der Waals surface area contributed by atoms with E-state index < -0.39 is 5.82 Å². The predicted octanol–water partition coefficient (Wildman–Crippen LogP) is 1.68. The average Bonchev–Trinajstić information content (AvgIpc) is 2.77. The lowest BCUT2D eigenvalue weighted by Crippen LogP contribution is -1.95. The van der Waals surface area contributed by atoms with Gasteiger partial charge in [0.1, 0.15) is 0 Å². The van der Waals surface area contributed by atoms with Crippen molar-refractivity contribution in [3.63, 3.8) is 0 Å². The number of aromatic nitrogens is 1. The lowest BCUT2D eigenvalue weighted by molar-refractivity contribution is 0.624. The van der Waals surface area contributed by atoms with Crippen molar-refractivity contribution in [2.24, 2.45) is 0 Å². The molecule has 3 heteroatoms. The molecule has 2 N–H and O–H groups in total. The highest BCUT2D eigenvalue weighted by Crippen LogP contribution is 2.39. The third-order valence-electron chi connectivity index (χ3n) is 1.94. The zero-order valence-electron chi connectivity index (χ0n) is 6.05. The number of rotatable bonds is 1. The van der Waals surface area contributed by atoms with Crippen LogP contribution in [-0.4, -0.2) is 4.98 Å². The Morgan fingerprint density at radius 2 is 2.27 bits per heavy atom. The summed E-state index contributed by atoms with van der Waals surface area (Å²) in [5.74, 6) is 0.140. The van der Waals surface area contributed by atoms with E-state index in [1.807, 2.05) is 0 Å². The van der Waals surface area contributed by atoms with Gasteiger partial charge >= 0.3 is 0 Å². The second-order valence-electron chi connectivity index (χ2n) is 2.91. The van der Waals surface area contributed by atoms with Gasteiger partial charge in [-0.25, -0.2) is 9.37 Å². The molecule has 11 heavy (non-hydrogen) atoms. The summed E-state index contributed by atoms with van der Waals surface area (Å²) < 4.78 is 12.8. The number of halogens is 1. The molecule has 0 aliphatic heterocycles. The van der Waals surface area contributed by atoms with Crippen LogP contribution in [0, 0.1) is 5.82 Å². The Morgan fingerprint density at radius 1 is 1.55 bits per heavy atom. The molecule has 0 spiro atoms. The van der Waals surface area contributed by atoms with E-state index in [2.05, 4.69) is 4.98 Å². The molecule has 0 radical (unpaired) electrons. The molecule has 2 rings (SSSR count). The Morgan fingerprint density at radius 3 is 2.82 bits per heavy atom. The first-order valence-electron chi connectivity index (χ1n) is 3.68. The fraction of sp³-hybridized carbons (Fsp3) is 0.375. The largest absolute Gasteiger partial charge is 0.381 e. The summed E-state index contributed by atoms with van der Waals surface area (Å²) in [6.07, 6.45) is 3.98. The van der Waals surface area contributed by atoms with Gasteiger partial charge in [-0.1, -0.05) is 0 Å². The van der Waals surface area contributed by atoms with Crippen molar-refractivity contribution in [3.8, 4) is 0 Å². The van der Waals surface area contributed by atoms with E-state index in [1.54, 1.807) is 6.20 Å². The minimum atomic E-state index is -0.394. The van der Waals surface area contributed by atoms with E-state index in [0.29, 0.717) is 5.92 Å². The third kappa shape index (κ3) is 1.18. The molecule has 1 aliphatic carbocycles. The normalized spacial score (nSPS) is 16.8. The van der Waals surface area contributed by atoms with Crippen LogP contribution in [0.3, 0.4) is 0 Å². The Hall–Kier alpha value is -1.12. The summed E-state index contributed by atoms with van der Waals surface area (Å²) in [5, 5.41) is 0. The molecule has 58 valence electrons. The average molecular weight is 152 g/mol. The van der Waals surface area contributed by atoms with E-state index in [1.165, 1.54) is 6.07 Å². The number of nitrogen functional groups attached to an aromatic ring is 1. The minimum absolute atomic E-state index is 0.00519. The van der Waals surface area contributed by atoms with Gasteiger partial charge in [0, 0.05) is 6.20 Å². The van der Waals surface area contributed by atoms with E-state index in [-0.39, 0.29) is 5.82 Å². The molecule has 0 aromatic carbocycles. The fourth-order valence-corrected chi connectivity index (χ4v) is 1.10. The molecule has 1 aromatic heterocycles. The van der Waals surface area contributed by atoms with Gasteiger partial charge in [0.15, 0.2) is 11.6 Å². The standard InChI is InChI=1S/C8H9FN2/c9-7-3-6(5-1-2-5)4-11-8(7)10/h3-5H,1-2H2,(H2,10,11). The van der Waals surface area contributed by atoms with Crippen molar-refractivity contribution in [3.05, 3.63) is 23.6 Å². The Balaban J connectivity index is 2.36. The fourth-order valence-electron chi connectivity index (χ4n) is 1.10. The van der Waals surface area contributed by atoms with Gasteiger partial charge in [0.25, 0.3) is 0 Å². The van der Waals surface area contributed by atoms with Crippen molar-refractivity contribution >= 4 is 5.82 Å². The van der Waals surface area contributed by atoms with Crippen LogP contribution in [0.1, 0.15) is 24.3 Å². The van der Waals surface area contributed by atoms with Crippen molar-refractivity contribution in [2.75, 3.05) is 5.73 Å². The Kier molecular flexibility index (Phi) is 1.31. The number of pyridine rings is 1. The molecule has 1 aliphatic rings. The van der Waals surface area contributed by atoms with E-state index in [9.17, 15) is 4.39 Å². The molecule has 1 saturated carbocycles. The lowest BCUT2D eigenvalue weighted by atomic mass is 10.2. The summed E-state index contributed by atoms with van der Waals surface area (Å²) >= 11 is 0. The predicted molar refractivity (Wildman–Crippen MR) is 40.6 cm³/mol. The highest BCUT2D eigenvalue weighted by atomic mass is 19.1. The summed E-state index contributed by atoms with van der Waals surface area (Å²) in [5.41, 5.74) is 6.21. The van der Waals surface area contributed by atoms with Crippen LogP contribution in [0.4, 0.5) is 10.2 Å². The zero-order chi connectivity index (χ0) is 7.84. The molecule has 1 aromatic rings. The number of nitrogens with two attached hydrogens (primary N) is 1. The van der Waals surface area contributed by atoms with E-state index in [0.717, 1.165) is 18.4 Å². The number of nitrogens with zero attached hydrogens (tertiary/aromatic N) is 1. The van der Waals surface area contributed by atoms with Crippen LogP contribution >= 0.6 is 0 Å². The maximum absolute atomic E-state index is 12.8. The maximum atomic E-state index is 12.8. The molecular formula is C8H9FN2. The number of hydrogen-bond acceptors (Lipinski definition) is 2. The van der Waals surface area contributed by atoms with Gasteiger partial charge in [-0.3, -0.25) is 0 Å². The number of anilines is 1. The van der Waals surface area contributed by atoms with Crippen LogP contribution in [0.25, 0.3) is 0 Å². The van der Waals surface area contributed by atoms with Gasteiger partial charge < -0.3 is 5.73 Å². The topological polar surface area (TPSA) is 38.9 Å². The van der Waals surface area contributed by atoms with Crippen LogP contribution in [0.15, 0.2) is 12.3 Å². The first-order valence-corrected chi connectivity index (χ1v) is 3.68. The van der Waals surface area contributed by atoms with Crippen LogP contribution in [0.2, 0.25) is 0 Å². The summed E-state index contributed by atoms with van der Waals surface area (Å²) in [6, 6.07) is 1.49. The van der Waals surface area contributed by atoms with Gasteiger partial charge in [0.05, 0.1) is 0 Å². The smallest absolute Gasteiger partial charge is 0.165 e. The van der Waals surface area contributed by atoms with Crippen molar-refractivity contribution in [1.82, 2.24) is 4.98 Å². The first kappa shape index (κ1) is 6.58. The van der Waals surface area contributed by atoms with Crippen LogP contribution in [-0.2, 0) is 0 Å². The van der Waals surface area contributed by atoms with Crippen molar-refractivity contribution in [1.29, 1.82) is 0 Å². The summed E-state index contributed by atoms with van der Waals surface area (Å²) in [6.45, 7) is 0. The van der Waals surface area contributed by atoms with Crippen LogP contribution < -0.4 is 5.73 Å². The molecule has 0 unspecified atom stereocenters. The quantitative estimate of drug-likeness (QED) is 0.664. The second-order valence-corrected chi connectivity index (χ2v) is 2.91. The van der Waals surface area contributed by atoms with Gasteiger partial charge in [-0.05, 0) is 30.4 Å². The van der Waals surface area contributed by atoms with E-state index in [4.69, 9.17) is 5.73 Å². The molecular weight excluding hydrogens is 143 g/mol. The Bertz CT molecular complexity index is 281. The van der Waals surface area contributed by atoms with Gasteiger partial charge in [0.2, 0.25) is 0 Å². The summed E-state index contributed by atoms with van der Waals surface area (Å²) in [4.78, 5) is 3.74. The molecule has 2 nitrogen and oxygen atoms in total. The molecule has 0 atom stereocenters. The molecule has 1 fully saturated rings. The molecule has 0 bridgehead atoms. The van der Waals surface area contributed by atoms with Crippen molar-refractivity contribution < 1.29 is 4.39 Å². The lowest BCUT2D eigenvalue weighted by Gasteiger charge is -1.98. The Labute approximate surface area is 64.2 Å². The molecule has 1 heterocycles. The van der Waals surface area contributed by atoms with Gasteiger partial charge in [-0.15, -0.1) is 0 Å². The van der Waals surface area contributed by atoms with Crippen LogP contribution in [0.5, 0.6) is 0 Å². The van der Waals surface area contributed by atoms with Crippen molar-refractivity contribution in [2.45, 2.75) is 18.8 Å². The minimum Gasteiger partial charge on any atom is -0.381 e. The highest BCUT2D eigenvalue weighted by Gasteiger charge is 2.24. The maximum Gasteiger partial charge on any atom is 0.165 e. The van der Waals surface area contributed by atoms with E-state index >= 15 is 0 Å². The SMILES string of the molecule is Nc1ncc(C2CC2)cc1F. The first-order chi connectivity index (χ1) is 5.27.